The number of carboxylic acids is 1. The van der Waals surface area contributed by atoms with E-state index in [1.165, 1.54) is 0 Å². The van der Waals surface area contributed by atoms with Gasteiger partial charge in [0.1, 0.15) is 0 Å². The van der Waals surface area contributed by atoms with Crippen LogP contribution in [0.15, 0.2) is 0 Å². The quantitative estimate of drug-likeness (QED) is 0.839. The average Bonchev–Trinajstić information content (AvgIpc) is 2.79. The Hall–Kier alpha value is -1.06. The summed E-state index contributed by atoms with van der Waals surface area (Å²) in [5.74, 6) is -0.0427. The summed E-state index contributed by atoms with van der Waals surface area (Å²) in [6, 6.07) is 0. The molecule has 1 N–H and O–H groups in total. The molecule has 0 atom stereocenters. The van der Waals surface area contributed by atoms with Gasteiger partial charge in [-0.1, -0.05) is 19.8 Å². The molecule has 2 rings (SSSR count). The van der Waals surface area contributed by atoms with Crippen molar-refractivity contribution in [2.45, 2.75) is 51.9 Å². The number of carboxylic acid groups (broad SMARTS) is 1. The smallest absolute Gasteiger partial charge is 0.310 e. The first-order valence-corrected chi connectivity index (χ1v) is 7.05. The molecule has 18 heavy (non-hydrogen) atoms. The van der Waals surface area contributed by atoms with Crippen LogP contribution in [0.1, 0.15) is 51.9 Å². The van der Waals surface area contributed by atoms with Gasteiger partial charge in [0.15, 0.2) is 0 Å². The Morgan fingerprint density at radius 2 is 1.78 bits per heavy atom. The van der Waals surface area contributed by atoms with E-state index in [0.29, 0.717) is 18.8 Å². The summed E-state index contributed by atoms with van der Waals surface area (Å²) >= 11 is 0. The number of piperidine rings is 1. The van der Waals surface area contributed by atoms with Crippen LogP contribution in [0.25, 0.3) is 0 Å². The zero-order valence-electron chi connectivity index (χ0n) is 11.2. The highest BCUT2D eigenvalue weighted by molar-refractivity contribution is 5.85. The van der Waals surface area contributed by atoms with Gasteiger partial charge in [-0.15, -0.1) is 0 Å². The standard InChI is InChI=1S/C14H23NO3/c1-11-4-8-15(9-5-11)12(16)10-14(13(17)18)6-2-3-7-14/h11H,2-10H2,1H3,(H,17,18). The average molecular weight is 253 g/mol. The van der Waals surface area contributed by atoms with Crippen molar-refractivity contribution < 1.29 is 14.7 Å². The van der Waals surface area contributed by atoms with E-state index in [0.717, 1.165) is 38.8 Å². The Bertz CT molecular complexity index is 326. The zero-order chi connectivity index (χ0) is 13.2. The molecule has 0 aromatic rings. The van der Waals surface area contributed by atoms with Gasteiger partial charge in [0.2, 0.25) is 5.91 Å². The summed E-state index contributed by atoms with van der Waals surface area (Å²) in [6.45, 7) is 3.81. The number of carbonyl (C=O) groups excluding carboxylic acids is 1. The maximum Gasteiger partial charge on any atom is 0.310 e. The van der Waals surface area contributed by atoms with E-state index in [-0.39, 0.29) is 12.3 Å². The van der Waals surface area contributed by atoms with Crippen molar-refractivity contribution in [3.05, 3.63) is 0 Å². The van der Waals surface area contributed by atoms with Crippen molar-refractivity contribution in [2.75, 3.05) is 13.1 Å². The molecule has 2 aliphatic rings. The molecule has 1 aliphatic carbocycles. The second kappa shape index (κ2) is 5.29. The lowest BCUT2D eigenvalue weighted by molar-refractivity contribution is -0.153. The Morgan fingerprint density at radius 3 is 2.28 bits per heavy atom. The van der Waals surface area contributed by atoms with Gasteiger partial charge in [-0.05, 0) is 31.6 Å². The third-order valence-corrected chi connectivity index (χ3v) is 4.64. The molecular weight excluding hydrogens is 230 g/mol. The van der Waals surface area contributed by atoms with Crippen molar-refractivity contribution >= 4 is 11.9 Å². The van der Waals surface area contributed by atoms with Crippen molar-refractivity contribution in [3.63, 3.8) is 0 Å². The summed E-state index contributed by atoms with van der Waals surface area (Å²) in [6.07, 6.45) is 5.51. The van der Waals surface area contributed by atoms with E-state index in [9.17, 15) is 14.7 Å². The number of amides is 1. The third kappa shape index (κ3) is 2.68. The highest BCUT2D eigenvalue weighted by atomic mass is 16.4. The number of aliphatic carboxylic acids is 1. The molecule has 0 aromatic carbocycles. The monoisotopic (exact) mass is 253 g/mol. The number of rotatable bonds is 3. The SMILES string of the molecule is CC1CCN(C(=O)CC2(C(=O)O)CCCC2)CC1. The fourth-order valence-corrected chi connectivity index (χ4v) is 3.18. The van der Waals surface area contributed by atoms with Crippen LogP contribution in [0.2, 0.25) is 0 Å². The number of hydrogen-bond acceptors (Lipinski definition) is 2. The van der Waals surface area contributed by atoms with Crippen LogP contribution in [0.5, 0.6) is 0 Å². The molecule has 4 heteroatoms. The van der Waals surface area contributed by atoms with Gasteiger partial charge >= 0.3 is 5.97 Å². The second-order valence-corrected chi connectivity index (χ2v) is 6.03. The van der Waals surface area contributed by atoms with Gasteiger partial charge in [0.25, 0.3) is 0 Å². The fourth-order valence-electron chi connectivity index (χ4n) is 3.18. The molecule has 4 nitrogen and oxygen atoms in total. The van der Waals surface area contributed by atoms with Gasteiger partial charge in [-0.25, -0.2) is 0 Å². The van der Waals surface area contributed by atoms with E-state index in [4.69, 9.17) is 0 Å². The summed E-state index contributed by atoms with van der Waals surface area (Å²) in [5, 5.41) is 9.38. The lowest BCUT2D eigenvalue weighted by Gasteiger charge is -2.33. The largest absolute Gasteiger partial charge is 0.481 e. The zero-order valence-corrected chi connectivity index (χ0v) is 11.2. The first-order chi connectivity index (χ1) is 8.53. The highest BCUT2D eigenvalue weighted by Gasteiger charge is 2.43. The van der Waals surface area contributed by atoms with Gasteiger partial charge in [-0.3, -0.25) is 9.59 Å². The third-order valence-electron chi connectivity index (χ3n) is 4.64. The van der Waals surface area contributed by atoms with Gasteiger partial charge < -0.3 is 10.0 Å². The summed E-state index contributed by atoms with van der Waals surface area (Å²) in [7, 11) is 0. The van der Waals surface area contributed by atoms with Crippen LogP contribution >= 0.6 is 0 Å². The Morgan fingerprint density at radius 1 is 1.22 bits per heavy atom. The molecule has 0 spiro atoms. The molecule has 0 radical (unpaired) electrons. The minimum Gasteiger partial charge on any atom is -0.481 e. The first kappa shape index (κ1) is 13.4. The number of nitrogens with zero attached hydrogens (tertiary/aromatic N) is 1. The minimum atomic E-state index is -0.779. The molecule has 0 aromatic heterocycles. The molecule has 1 heterocycles. The molecule has 1 aliphatic heterocycles. The van der Waals surface area contributed by atoms with Crippen LogP contribution < -0.4 is 0 Å². The van der Waals surface area contributed by atoms with E-state index < -0.39 is 11.4 Å². The lowest BCUT2D eigenvalue weighted by Crippen LogP contribution is -2.42. The second-order valence-electron chi connectivity index (χ2n) is 6.03. The minimum absolute atomic E-state index is 0.0474. The maximum atomic E-state index is 12.2. The first-order valence-electron chi connectivity index (χ1n) is 7.05. The Labute approximate surface area is 108 Å². The molecule has 0 unspecified atom stereocenters. The number of carbonyl (C=O) groups is 2. The van der Waals surface area contributed by atoms with Crippen LogP contribution in [-0.2, 0) is 9.59 Å². The molecule has 1 amide bonds. The van der Waals surface area contributed by atoms with Crippen molar-refractivity contribution in [3.8, 4) is 0 Å². The Balaban J connectivity index is 1.95. The van der Waals surface area contributed by atoms with E-state index >= 15 is 0 Å². The molecular formula is C14H23NO3. The summed E-state index contributed by atoms with van der Waals surface area (Å²) in [5.41, 5.74) is -0.764. The lowest BCUT2D eigenvalue weighted by atomic mass is 9.82. The van der Waals surface area contributed by atoms with Crippen molar-refractivity contribution in [1.29, 1.82) is 0 Å². The predicted molar refractivity (Wildman–Crippen MR) is 68.1 cm³/mol. The van der Waals surface area contributed by atoms with Crippen LogP contribution in [0.4, 0.5) is 0 Å². The summed E-state index contributed by atoms with van der Waals surface area (Å²) < 4.78 is 0. The molecule has 1 saturated heterocycles. The van der Waals surface area contributed by atoms with E-state index in [1.807, 2.05) is 4.90 Å². The molecule has 2 fully saturated rings. The summed E-state index contributed by atoms with van der Waals surface area (Å²) in [4.78, 5) is 25.5. The molecule has 102 valence electrons. The van der Waals surface area contributed by atoms with Crippen LogP contribution in [-0.4, -0.2) is 35.0 Å². The van der Waals surface area contributed by atoms with Crippen LogP contribution in [0.3, 0.4) is 0 Å². The van der Waals surface area contributed by atoms with Gasteiger partial charge in [0, 0.05) is 19.5 Å². The van der Waals surface area contributed by atoms with E-state index in [2.05, 4.69) is 6.92 Å². The van der Waals surface area contributed by atoms with Crippen molar-refractivity contribution in [2.24, 2.45) is 11.3 Å². The molecule has 1 saturated carbocycles. The highest BCUT2D eigenvalue weighted by Crippen LogP contribution is 2.42. The predicted octanol–water partition coefficient (Wildman–Crippen LogP) is 2.28. The van der Waals surface area contributed by atoms with Gasteiger partial charge in [0.05, 0.1) is 5.41 Å². The maximum absolute atomic E-state index is 12.2. The van der Waals surface area contributed by atoms with Gasteiger partial charge in [-0.2, -0.15) is 0 Å². The fraction of sp³-hybridized carbons (Fsp3) is 0.857. The topological polar surface area (TPSA) is 57.6 Å². The molecule has 0 bridgehead atoms. The van der Waals surface area contributed by atoms with E-state index in [1.54, 1.807) is 0 Å². The normalized spacial score (nSPS) is 24.2. The number of likely N-dealkylation sites (tertiary alicyclic amines) is 1. The van der Waals surface area contributed by atoms with Crippen LogP contribution in [0, 0.1) is 11.3 Å². The van der Waals surface area contributed by atoms with Crippen molar-refractivity contribution in [1.82, 2.24) is 4.90 Å². The number of hydrogen-bond donors (Lipinski definition) is 1. The Kier molecular flexibility index (Phi) is 3.93.